The molecule has 0 aliphatic carbocycles. The van der Waals surface area contributed by atoms with Crippen LogP contribution in [0.4, 0.5) is 4.39 Å². The van der Waals surface area contributed by atoms with Gasteiger partial charge in [-0.1, -0.05) is 0 Å². The minimum Gasteiger partial charge on any atom is -0.478 e. The van der Waals surface area contributed by atoms with Gasteiger partial charge in [-0.15, -0.1) is 11.8 Å². The molecule has 0 aliphatic heterocycles. The summed E-state index contributed by atoms with van der Waals surface area (Å²) in [6.45, 7) is 0.893. The van der Waals surface area contributed by atoms with Crippen LogP contribution >= 0.6 is 11.8 Å². The van der Waals surface area contributed by atoms with Gasteiger partial charge in [0, 0.05) is 17.2 Å². The molecule has 0 bridgehead atoms. The molecule has 0 radical (unpaired) electrons. The summed E-state index contributed by atoms with van der Waals surface area (Å²) in [7, 11) is 3.93. The van der Waals surface area contributed by atoms with E-state index in [0.29, 0.717) is 0 Å². The Bertz CT molecular complexity index is 382. The van der Waals surface area contributed by atoms with Gasteiger partial charge in [0.2, 0.25) is 0 Å². The third kappa shape index (κ3) is 3.83. The molecule has 0 spiro atoms. The van der Waals surface area contributed by atoms with Crippen molar-refractivity contribution in [2.45, 2.75) is 4.90 Å². The third-order valence-electron chi connectivity index (χ3n) is 1.98. The first kappa shape index (κ1) is 13.0. The fourth-order valence-electron chi connectivity index (χ4n) is 1.10. The van der Waals surface area contributed by atoms with Crippen LogP contribution in [0.3, 0.4) is 0 Å². The van der Waals surface area contributed by atoms with Crippen molar-refractivity contribution in [3.8, 4) is 0 Å². The molecular weight excluding hydrogens is 229 g/mol. The second kappa shape index (κ2) is 5.86. The number of nitrogens with zero attached hydrogens (tertiary/aromatic N) is 1. The van der Waals surface area contributed by atoms with Gasteiger partial charge in [0.25, 0.3) is 0 Å². The number of carboxylic acids is 1. The summed E-state index contributed by atoms with van der Waals surface area (Å²) >= 11 is 1.52. The molecule has 0 fully saturated rings. The molecule has 0 heterocycles. The maximum Gasteiger partial charge on any atom is 0.338 e. The molecule has 0 saturated carbocycles. The van der Waals surface area contributed by atoms with Gasteiger partial charge in [0.05, 0.1) is 5.56 Å². The topological polar surface area (TPSA) is 40.5 Å². The molecule has 16 heavy (non-hydrogen) atoms. The van der Waals surface area contributed by atoms with Gasteiger partial charge in [-0.05, 0) is 32.3 Å². The van der Waals surface area contributed by atoms with Crippen molar-refractivity contribution in [1.82, 2.24) is 4.90 Å². The minimum atomic E-state index is -1.23. The number of aromatic carboxylic acids is 1. The third-order valence-corrected chi connectivity index (χ3v) is 2.95. The number of carbonyl (C=O) groups is 1. The number of hydrogen-bond acceptors (Lipinski definition) is 3. The lowest BCUT2D eigenvalue weighted by atomic mass is 10.2. The Morgan fingerprint density at radius 1 is 1.50 bits per heavy atom. The van der Waals surface area contributed by atoms with E-state index in [2.05, 4.69) is 0 Å². The second-order valence-electron chi connectivity index (χ2n) is 3.60. The number of halogens is 1. The van der Waals surface area contributed by atoms with Crippen molar-refractivity contribution < 1.29 is 14.3 Å². The Hall–Kier alpha value is -1.07. The highest BCUT2D eigenvalue weighted by Crippen LogP contribution is 2.21. The highest BCUT2D eigenvalue weighted by atomic mass is 32.2. The van der Waals surface area contributed by atoms with Crippen molar-refractivity contribution in [2.24, 2.45) is 0 Å². The van der Waals surface area contributed by atoms with E-state index < -0.39 is 11.8 Å². The van der Waals surface area contributed by atoms with Crippen LogP contribution in [0, 0.1) is 5.82 Å². The molecule has 1 N–H and O–H groups in total. The predicted molar refractivity (Wildman–Crippen MR) is 62.6 cm³/mol. The molecular formula is C11H14FNO2S. The molecule has 3 nitrogen and oxygen atoms in total. The second-order valence-corrected chi connectivity index (χ2v) is 4.77. The molecule has 0 aromatic heterocycles. The van der Waals surface area contributed by atoms with Gasteiger partial charge >= 0.3 is 5.97 Å². The van der Waals surface area contributed by atoms with Crippen molar-refractivity contribution >= 4 is 17.7 Å². The number of carboxylic acid groups (broad SMARTS) is 1. The Morgan fingerprint density at radius 2 is 2.19 bits per heavy atom. The van der Waals surface area contributed by atoms with E-state index in [9.17, 15) is 9.18 Å². The van der Waals surface area contributed by atoms with Gasteiger partial charge in [-0.3, -0.25) is 0 Å². The summed E-state index contributed by atoms with van der Waals surface area (Å²) in [5.74, 6) is -1.07. The van der Waals surface area contributed by atoms with Crippen molar-refractivity contribution in [3.05, 3.63) is 29.6 Å². The van der Waals surface area contributed by atoms with E-state index in [1.54, 1.807) is 6.07 Å². The minimum absolute atomic E-state index is 0.269. The van der Waals surface area contributed by atoms with Crippen LogP contribution in [0.15, 0.2) is 23.1 Å². The molecule has 0 atom stereocenters. The highest BCUT2D eigenvalue weighted by Gasteiger charge is 2.10. The standard InChI is InChI=1S/C11H14FNO2S/c1-13(2)5-6-16-8-3-4-10(12)9(7-8)11(14)15/h3-4,7H,5-6H2,1-2H3,(H,14,15). The van der Waals surface area contributed by atoms with E-state index in [1.165, 1.54) is 23.9 Å². The first-order valence-electron chi connectivity index (χ1n) is 4.81. The molecule has 0 saturated heterocycles. The van der Waals surface area contributed by atoms with Crippen LogP contribution in [0.2, 0.25) is 0 Å². The van der Waals surface area contributed by atoms with E-state index >= 15 is 0 Å². The number of rotatable bonds is 5. The lowest BCUT2D eigenvalue weighted by Crippen LogP contribution is -2.14. The number of hydrogen-bond donors (Lipinski definition) is 1. The zero-order chi connectivity index (χ0) is 12.1. The summed E-state index contributed by atoms with van der Waals surface area (Å²) < 4.78 is 13.1. The summed E-state index contributed by atoms with van der Waals surface area (Å²) in [5.41, 5.74) is -0.269. The molecule has 5 heteroatoms. The average molecular weight is 243 g/mol. The molecule has 0 aliphatic rings. The summed E-state index contributed by atoms with van der Waals surface area (Å²) in [4.78, 5) is 13.5. The lowest BCUT2D eigenvalue weighted by Gasteiger charge is -2.09. The van der Waals surface area contributed by atoms with E-state index in [-0.39, 0.29) is 5.56 Å². The summed E-state index contributed by atoms with van der Waals surface area (Å²) in [6, 6.07) is 4.17. The molecule has 1 rings (SSSR count). The predicted octanol–water partition coefficient (Wildman–Crippen LogP) is 2.18. The molecule has 1 aromatic carbocycles. The Kier molecular flexibility index (Phi) is 4.76. The van der Waals surface area contributed by atoms with Crippen LogP contribution in [0.25, 0.3) is 0 Å². The number of benzene rings is 1. The van der Waals surface area contributed by atoms with E-state index in [0.717, 1.165) is 17.2 Å². The Morgan fingerprint density at radius 3 is 2.75 bits per heavy atom. The zero-order valence-electron chi connectivity index (χ0n) is 9.24. The van der Waals surface area contributed by atoms with Crippen LogP contribution in [-0.2, 0) is 0 Å². The quantitative estimate of drug-likeness (QED) is 0.805. The zero-order valence-corrected chi connectivity index (χ0v) is 10.1. The lowest BCUT2D eigenvalue weighted by molar-refractivity contribution is 0.0691. The van der Waals surface area contributed by atoms with Crippen LogP contribution in [-0.4, -0.2) is 42.4 Å². The maximum atomic E-state index is 13.1. The summed E-state index contributed by atoms with van der Waals surface area (Å²) in [6.07, 6.45) is 0. The van der Waals surface area contributed by atoms with Gasteiger partial charge in [0.1, 0.15) is 5.82 Å². The molecule has 88 valence electrons. The molecule has 0 amide bonds. The fraction of sp³-hybridized carbons (Fsp3) is 0.364. The SMILES string of the molecule is CN(C)CCSc1ccc(F)c(C(=O)O)c1. The Balaban J connectivity index is 2.68. The van der Waals surface area contributed by atoms with E-state index in [4.69, 9.17) is 5.11 Å². The highest BCUT2D eigenvalue weighted by molar-refractivity contribution is 7.99. The van der Waals surface area contributed by atoms with E-state index in [1.807, 2.05) is 19.0 Å². The maximum absolute atomic E-state index is 13.1. The monoisotopic (exact) mass is 243 g/mol. The van der Waals surface area contributed by atoms with Gasteiger partial charge in [-0.2, -0.15) is 0 Å². The van der Waals surface area contributed by atoms with Crippen molar-refractivity contribution in [1.29, 1.82) is 0 Å². The number of thioether (sulfide) groups is 1. The van der Waals surface area contributed by atoms with Crippen LogP contribution in [0.5, 0.6) is 0 Å². The summed E-state index contributed by atoms with van der Waals surface area (Å²) in [5, 5.41) is 8.75. The van der Waals surface area contributed by atoms with Crippen LogP contribution in [0.1, 0.15) is 10.4 Å². The van der Waals surface area contributed by atoms with Crippen molar-refractivity contribution in [3.63, 3.8) is 0 Å². The molecule has 0 unspecified atom stereocenters. The fourth-order valence-corrected chi connectivity index (χ4v) is 2.16. The van der Waals surface area contributed by atoms with Gasteiger partial charge < -0.3 is 10.0 Å². The largest absolute Gasteiger partial charge is 0.478 e. The first-order chi connectivity index (χ1) is 7.50. The molecule has 1 aromatic rings. The van der Waals surface area contributed by atoms with Gasteiger partial charge in [0.15, 0.2) is 0 Å². The smallest absolute Gasteiger partial charge is 0.338 e. The van der Waals surface area contributed by atoms with Crippen molar-refractivity contribution in [2.75, 3.05) is 26.4 Å². The average Bonchev–Trinajstić information content (AvgIpc) is 2.19. The Labute approximate surface area is 98.3 Å². The first-order valence-corrected chi connectivity index (χ1v) is 5.79. The van der Waals surface area contributed by atoms with Gasteiger partial charge in [-0.25, -0.2) is 9.18 Å². The van der Waals surface area contributed by atoms with Crippen LogP contribution < -0.4 is 0 Å². The normalized spacial score (nSPS) is 10.8.